The second-order valence-corrected chi connectivity index (χ2v) is 3.09. The highest BCUT2D eigenvalue weighted by Gasteiger charge is 1.92. The Hall–Kier alpha value is -0.870. The molecule has 0 radical (unpaired) electrons. The van der Waals surface area contributed by atoms with E-state index in [2.05, 4.69) is 56.5 Å². The van der Waals surface area contributed by atoms with Crippen LogP contribution in [0.25, 0.3) is 0 Å². The van der Waals surface area contributed by atoms with Crippen molar-refractivity contribution in [2.24, 2.45) is 0 Å². The van der Waals surface area contributed by atoms with Crippen LogP contribution in [0.5, 0.6) is 0 Å². The van der Waals surface area contributed by atoms with E-state index in [1.807, 2.05) is 0 Å². The fraction of sp³-hybridized carbons (Fsp3) is 0.273. The van der Waals surface area contributed by atoms with Crippen LogP contribution in [0.4, 0.5) is 0 Å². The molecule has 0 heterocycles. The molecule has 0 saturated heterocycles. The average molecular weight is 176 g/mol. The van der Waals surface area contributed by atoms with Gasteiger partial charge in [0.1, 0.15) is 0 Å². The molecule has 1 aromatic carbocycles. The van der Waals surface area contributed by atoms with Crippen molar-refractivity contribution in [1.82, 2.24) is 0 Å². The van der Waals surface area contributed by atoms with Crippen LogP contribution in [0.15, 0.2) is 18.2 Å². The third-order valence-electron chi connectivity index (χ3n) is 1.68. The van der Waals surface area contributed by atoms with Gasteiger partial charge in [-0.25, -0.2) is 0 Å². The molecule has 0 aliphatic carbocycles. The Morgan fingerprint density at radius 3 is 2.67 bits per heavy atom. The van der Waals surface area contributed by atoms with Gasteiger partial charge in [-0.05, 0) is 25.5 Å². The summed E-state index contributed by atoms with van der Waals surface area (Å²) in [6, 6.07) is 6.28. The van der Waals surface area contributed by atoms with E-state index in [1.165, 1.54) is 11.1 Å². The van der Waals surface area contributed by atoms with Crippen molar-refractivity contribution in [3.63, 3.8) is 0 Å². The molecule has 0 aromatic heterocycles. The lowest BCUT2D eigenvalue weighted by Gasteiger charge is -1.98. The summed E-state index contributed by atoms with van der Waals surface area (Å²) in [5.74, 6) is 6.62. The predicted molar refractivity (Wildman–Crippen MR) is 56.6 cm³/mol. The topological polar surface area (TPSA) is 0 Å². The quantitative estimate of drug-likeness (QED) is 0.456. The van der Waals surface area contributed by atoms with Gasteiger partial charge in [-0.1, -0.05) is 29.5 Å². The Labute approximate surface area is 79.4 Å². The second-order valence-electron chi connectivity index (χ2n) is 2.78. The Balaban J connectivity index is 3.01. The van der Waals surface area contributed by atoms with Gasteiger partial charge in [0.25, 0.3) is 0 Å². The fourth-order valence-corrected chi connectivity index (χ4v) is 1.17. The molecule has 0 nitrogen and oxygen atoms in total. The highest BCUT2D eigenvalue weighted by molar-refractivity contribution is 7.80. The van der Waals surface area contributed by atoms with Gasteiger partial charge in [0, 0.05) is 5.56 Å². The Bertz CT molecular complexity index is 329. The summed E-state index contributed by atoms with van der Waals surface area (Å²) in [4.78, 5) is 0. The van der Waals surface area contributed by atoms with Gasteiger partial charge < -0.3 is 0 Å². The van der Waals surface area contributed by atoms with E-state index in [4.69, 9.17) is 0 Å². The fourth-order valence-electron chi connectivity index (χ4n) is 1.09. The van der Waals surface area contributed by atoms with Crippen LogP contribution in [-0.2, 0) is 0 Å². The van der Waals surface area contributed by atoms with Crippen molar-refractivity contribution in [2.45, 2.75) is 13.8 Å². The van der Waals surface area contributed by atoms with E-state index in [1.54, 1.807) is 0 Å². The molecule has 0 fully saturated rings. The van der Waals surface area contributed by atoms with Crippen molar-refractivity contribution >= 4 is 12.6 Å². The zero-order valence-corrected chi connectivity index (χ0v) is 8.28. The van der Waals surface area contributed by atoms with Crippen LogP contribution in [-0.4, -0.2) is 5.75 Å². The van der Waals surface area contributed by atoms with Crippen molar-refractivity contribution in [2.75, 3.05) is 5.75 Å². The number of aryl methyl sites for hydroxylation is 2. The van der Waals surface area contributed by atoms with E-state index in [9.17, 15) is 0 Å². The van der Waals surface area contributed by atoms with Gasteiger partial charge >= 0.3 is 0 Å². The zero-order valence-electron chi connectivity index (χ0n) is 7.39. The van der Waals surface area contributed by atoms with Gasteiger partial charge in [0.2, 0.25) is 0 Å². The van der Waals surface area contributed by atoms with Crippen molar-refractivity contribution in [1.29, 1.82) is 0 Å². The smallest absolute Gasteiger partial charge is 0.0521 e. The summed E-state index contributed by atoms with van der Waals surface area (Å²) in [6.45, 7) is 4.17. The molecule has 0 bridgehead atoms. The number of thiol groups is 1. The minimum Gasteiger partial charge on any atom is -0.166 e. The molecule has 0 unspecified atom stereocenters. The molecule has 0 atom stereocenters. The monoisotopic (exact) mass is 176 g/mol. The molecule has 0 aliphatic rings. The van der Waals surface area contributed by atoms with Crippen LogP contribution in [0, 0.1) is 25.7 Å². The van der Waals surface area contributed by atoms with Gasteiger partial charge in [0.15, 0.2) is 0 Å². The molecule has 12 heavy (non-hydrogen) atoms. The zero-order chi connectivity index (χ0) is 8.97. The van der Waals surface area contributed by atoms with E-state index in [-0.39, 0.29) is 0 Å². The average Bonchev–Trinajstić information content (AvgIpc) is 2.03. The maximum absolute atomic E-state index is 4.03. The third-order valence-corrected chi connectivity index (χ3v) is 1.84. The normalized spacial score (nSPS) is 8.92. The molecule has 0 N–H and O–H groups in total. The Morgan fingerprint density at radius 2 is 2.08 bits per heavy atom. The highest BCUT2D eigenvalue weighted by atomic mass is 32.1. The lowest BCUT2D eigenvalue weighted by molar-refractivity contribution is 1.36. The van der Waals surface area contributed by atoms with Gasteiger partial charge in [-0.3, -0.25) is 0 Å². The first kappa shape index (κ1) is 9.22. The lowest BCUT2D eigenvalue weighted by atomic mass is 10.1. The van der Waals surface area contributed by atoms with Crippen molar-refractivity contribution in [3.05, 3.63) is 34.9 Å². The first-order chi connectivity index (χ1) is 5.74. The van der Waals surface area contributed by atoms with Gasteiger partial charge in [-0.15, -0.1) is 0 Å². The van der Waals surface area contributed by atoms with Crippen molar-refractivity contribution in [3.8, 4) is 11.8 Å². The summed E-state index contributed by atoms with van der Waals surface area (Å²) in [6.07, 6.45) is 0. The lowest BCUT2D eigenvalue weighted by Crippen LogP contribution is -1.83. The number of hydrogen-bond acceptors (Lipinski definition) is 1. The van der Waals surface area contributed by atoms with Crippen LogP contribution >= 0.6 is 12.6 Å². The summed E-state index contributed by atoms with van der Waals surface area (Å²) >= 11 is 4.03. The van der Waals surface area contributed by atoms with E-state index < -0.39 is 0 Å². The number of benzene rings is 1. The summed E-state index contributed by atoms with van der Waals surface area (Å²) in [5.41, 5.74) is 3.63. The Morgan fingerprint density at radius 1 is 1.33 bits per heavy atom. The molecule has 0 saturated carbocycles. The molecule has 1 heteroatoms. The maximum atomic E-state index is 4.03. The summed E-state index contributed by atoms with van der Waals surface area (Å²) < 4.78 is 0. The van der Waals surface area contributed by atoms with Gasteiger partial charge in [0.05, 0.1) is 5.75 Å². The standard InChI is InChI=1S/C11H12S/c1-9-5-6-11(4-3-7-12)10(2)8-9/h5-6,8,12H,7H2,1-2H3. The number of hydrogen-bond donors (Lipinski definition) is 1. The highest BCUT2D eigenvalue weighted by Crippen LogP contribution is 2.08. The molecule has 62 valence electrons. The predicted octanol–water partition coefficient (Wildman–Crippen LogP) is 2.58. The van der Waals surface area contributed by atoms with Crippen LogP contribution in [0.2, 0.25) is 0 Å². The van der Waals surface area contributed by atoms with Crippen LogP contribution < -0.4 is 0 Å². The minimum atomic E-state index is 0.618. The first-order valence-electron chi connectivity index (χ1n) is 3.91. The van der Waals surface area contributed by atoms with E-state index in [0.717, 1.165) is 5.56 Å². The molecule has 1 rings (SSSR count). The Kier molecular flexibility index (Phi) is 3.25. The molecular weight excluding hydrogens is 164 g/mol. The minimum absolute atomic E-state index is 0.618. The SMILES string of the molecule is Cc1ccc(C#CCS)c(C)c1. The van der Waals surface area contributed by atoms with Crippen LogP contribution in [0.3, 0.4) is 0 Å². The molecular formula is C11H12S. The van der Waals surface area contributed by atoms with E-state index >= 15 is 0 Å². The van der Waals surface area contributed by atoms with Gasteiger partial charge in [-0.2, -0.15) is 12.6 Å². The van der Waals surface area contributed by atoms with E-state index in [0.29, 0.717) is 5.75 Å². The summed E-state index contributed by atoms with van der Waals surface area (Å²) in [7, 11) is 0. The third kappa shape index (κ3) is 2.32. The first-order valence-corrected chi connectivity index (χ1v) is 4.54. The largest absolute Gasteiger partial charge is 0.166 e. The van der Waals surface area contributed by atoms with Crippen molar-refractivity contribution < 1.29 is 0 Å². The molecule has 0 spiro atoms. The summed E-state index contributed by atoms with van der Waals surface area (Å²) in [5, 5.41) is 0. The molecule has 0 amide bonds. The second kappa shape index (κ2) is 4.23. The maximum Gasteiger partial charge on any atom is 0.0521 e. The number of rotatable bonds is 0. The molecule has 0 aliphatic heterocycles. The van der Waals surface area contributed by atoms with Crippen LogP contribution in [0.1, 0.15) is 16.7 Å². The molecule has 1 aromatic rings.